The number of rotatable bonds is 6. The summed E-state index contributed by atoms with van der Waals surface area (Å²) < 4.78 is 23.9. The Labute approximate surface area is 208 Å². The Hall–Kier alpha value is -3.78. The van der Waals surface area contributed by atoms with Crippen molar-refractivity contribution in [1.29, 1.82) is 0 Å². The highest BCUT2D eigenvalue weighted by Gasteiger charge is 2.19. The van der Waals surface area contributed by atoms with Crippen LogP contribution in [-0.2, 0) is 16.6 Å². The number of anilines is 1. The lowest BCUT2D eigenvalue weighted by molar-refractivity contribution is 0.597. The highest BCUT2D eigenvalue weighted by atomic mass is 35.5. The summed E-state index contributed by atoms with van der Waals surface area (Å²) in [6, 6.07) is 27.4. The first-order valence-electron chi connectivity index (χ1n) is 10.9. The first-order valence-corrected chi connectivity index (χ1v) is 12.8. The van der Waals surface area contributed by atoms with Crippen LogP contribution in [-0.4, -0.2) is 18.4 Å². The van der Waals surface area contributed by atoms with E-state index >= 15 is 0 Å². The maximum atomic E-state index is 12.0. The Bertz CT molecular complexity index is 1630. The van der Waals surface area contributed by atoms with Gasteiger partial charge in [-0.05, 0) is 28.1 Å². The number of pyridine rings is 2. The fourth-order valence-electron chi connectivity index (χ4n) is 4.09. The largest absolute Gasteiger partial charge is 0.365 e. The number of aromatic nitrogens is 2. The minimum absolute atomic E-state index is 0.0929. The quantitative estimate of drug-likeness (QED) is 0.284. The molecule has 0 saturated heterocycles. The van der Waals surface area contributed by atoms with Gasteiger partial charge >= 0.3 is 0 Å². The average molecular weight is 501 g/mol. The van der Waals surface area contributed by atoms with Crippen LogP contribution in [0, 0.1) is 0 Å². The van der Waals surface area contributed by atoms with Crippen molar-refractivity contribution >= 4 is 38.2 Å². The van der Waals surface area contributed by atoms with Crippen LogP contribution < -0.4 is 10.5 Å². The zero-order valence-corrected chi connectivity index (χ0v) is 20.1. The molecule has 0 atom stereocenters. The molecule has 0 radical (unpaired) electrons. The lowest BCUT2D eigenvalue weighted by Crippen LogP contribution is -2.12. The number of halogens is 1. The maximum Gasteiger partial charge on any atom is 0.239 e. The van der Waals surface area contributed by atoms with E-state index in [0.29, 0.717) is 23.5 Å². The summed E-state index contributed by atoms with van der Waals surface area (Å²) >= 11 is 6.73. The molecule has 0 aliphatic rings. The molecule has 0 unspecified atom stereocenters. The Balaban J connectivity index is 1.75. The van der Waals surface area contributed by atoms with E-state index in [1.54, 1.807) is 6.20 Å². The highest BCUT2D eigenvalue weighted by molar-refractivity contribution is 7.89. The van der Waals surface area contributed by atoms with Gasteiger partial charge in [-0.15, -0.1) is 0 Å². The summed E-state index contributed by atoms with van der Waals surface area (Å²) in [6.07, 6.45) is 2.77. The van der Waals surface area contributed by atoms with E-state index in [4.69, 9.17) is 21.7 Å². The lowest BCUT2D eigenvalue weighted by Gasteiger charge is -2.17. The van der Waals surface area contributed by atoms with Crippen molar-refractivity contribution in [3.63, 3.8) is 0 Å². The van der Waals surface area contributed by atoms with Crippen LogP contribution in [0.1, 0.15) is 5.56 Å². The molecular weight excluding hydrogens is 480 g/mol. The topological polar surface area (TPSA) is 98.0 Å². The number of nitrogens with one attached hydrogen (secondary N) is 1. The van der Waals surface area contributed by atoms with Crippen molar-refractivity contribution in [3.8, 4) is 22.3 Å². The minimum Gasteiger partial charge on any atom is -0.365 e. The number of nitrogens with two attached hydrogens (primary N) is 1. The van der Waals surface area contributed by atoms with Crippen molar-refractivity contribution in [2.45, 2.75) is 11.4 Å². The number of hydrogen-bond acceptors (Lipinski definition) is 5. The number of sulfonamides is 1. The highest BCUT2D eigenvalue weighted by Crippen LogP contribution is 2.41. The van der Waals surface area contributed by atoms with Gasteiger partial charge in [-0.2, -0.15) is 0 Å². The molecule has 8 heteroatoms. The summed E-state index contributed by atoms with van der Waals surface area (Å²) in [5.74, 6) is 0.632. The van der Waals surface area contributed by atoms with E-state index in [1.165, 1.54) is 12.3 Å². The fraction of sp³-hybridized carbons (Fsp3) is 0.0370. The molecule has 3 N–H and O–H groups in total. The number of primary sulfonamides is 1. The van der Waals surface area contributed by atoms with E-state index < -0.39 is 10.0 Å². The summed E-state index contributed by atoms with van der Waals surface area (Å²) in [5, 5.41) is 10.7. The number of benzene rings is 3. The summed E-state index contributed by atoms with van der Waals surface area (Å²) in [7, 11) is -3.94. The molecule has 0 aliphatic heterocycles. The Morgan fingerprint density at radius 1 is 0.857 bits per heavy atom. The van der Waals surface area contributed by atoms with Gasteiger partial charge in [0.1, 0.15) is 15.9 Å². The number of fused-ring (bicyclic) bond motifs is 1. The van der Waals surface area contributed by atoms with Crippen LogP contribution >= 0.6 is 11.6 Å². The van der Waals surface area contributed by atoms with Gasteiger partial charge in [0.25, 0.3) is 0 Å². The predicted octanol–water partition coefficient (Wildman–Crippen LogP) is 5.88. The zero-order chi connectivity index (χ0) is 24.4. The van der Waals surface area contributed by atoms with Crippen molar-refractivity contribution in [3.05, 3.63) is 108 Å². The van der Waals surface area contributed by atoms with E-state index in [-0.39, 0.29) is 10.0 Å². The van der Waals surface area contributed by atoms with E-state index in [1.807, 2.05) is 78.9 Å². The van der Waals surface area contributed by atoms with E-state index in [9.17, 15) is 8.42 Å². The molecule has 0 amide bonds. The average Bonchev–Trinajstić information content (AvgIpc) is 2.87. The SMILES string of the molecule is NS(=O)(=O)c1cncc(-c2c(Cl)nc(NCc3ccccc3)c3c(-c4ccccc4)cccc23)c1. The van der Waals surface area contributed by atoms with Gasteiger partial charge in [0, 0.05) is 35.5 Å². The lowest BCUT2D eigenvalue weighted by atomic mass is 9.94. The second kappa shape index (κ2) is 9.46. The molecule has 5 aromatic rings. The Kier molecular flexibility index (Phi) is 6.21. The third kappa shape index (κ3) is 4.74. The molecule has 0 bridgehead atoms. The van der Waals surface area contributed by atoms with Gasteiger partial charge in [0.05, 0.1) is 0 Å². The molecule has 0 fully saturated rings. The first kappa shape index (κ1) is 23.0. The third-order valence-corrected chi connectivity index (χ3v) is 6.86. The van der Waals surface area contributed by atoms with Crippen LogP contribution in [0.4, 0.5) is 5.82 Å². The van der Waals surface area contributed by atoms with Gasteiger partial charge in [-0.25, -0.2) is 18.5 Å². The van der Waals surface area contributed by atoms with Gasteiger partial charge < -0.3 is 5.32 Å². The summed E-state index contributed by atoms with van der Waals surface area (Å²) in [6.45, 7) is 0.560. The van der Waals surface area contributed by atoms with Crippen molar-refractivity contribution in [2.75, 3.05) is 5.32 Å². The molecule has 174 valence electrons. The molecule has 0 spiro atoms. The molecule has 5 rings (SSSR count). The van der Waals surface area contributed by atoms with Crippen LogP contribution in [0.2, 0.25) is 5.15 Å². The van der Waals surface area contributed by atoms with E-state index in [0.717, 1.165) is 27.5 Å². The van der Waals surface area contributed by atoms with Gasteiger partial charge in [-0.1, -0.05) is 90.5 Å². The van der Waals surface area contributed by atoms with Gasteiger partial charge in [0.2, 0.25) is 10.0 Å². The van der Waals surface area contributed by atoms with Gasteiger partial charge in [0.15, 0.2) is 0 Å². The number of nitrogens with zero attached hydrogens (tertiary/aromatic N) is 2. The summed E-state index contributed by atoms with van der Waals surface area (Å²) in [4.78, 5) is 8.72. The maximum absolute atomic E-state index is 12.0. The molecule has 3 aromatic carbocycles. The van der Waals surface area contributed by atoms with Crippen molar-refractivity contribution in [1.82, 2.24) is 9.97 Å². The van der Waals surface area contributed by atoms with Crippen molar-refractivity contribution in [2.24, 2.45) is 5.14 Å². The molecule has 0 saturated carbocycles. The van der Waals surface area contributed by atoms with Crippen LogP contribution in [0.25, 0.3) is 33.0 Å². The normalized spacial score (nSPS) is 11.5. The zero-order valence-electron chi connectivity index (χ0n) is 18.5. The van der Waals surface area contributed by atoms with Crippen LogP contribution in [0.3, 0.4) is 0 Å². The predicted molar refractivity (Wildman–Crippen MR) is 141 cm³/mol. The monoisotopic (exact) mass is 500 g/mol. The molecule has 2 heterocycles. The Morgan fingerprint density at radius 2 is 1.57 bits per heavy atom. The second-order valence-electron chi connectivity index (χ2n) is 8.01. The number of hydrogen-bond donors (Lipinski definition) is 2. The fourth-order valence-corrected chi connectivity index (χ4v) is 4.88. The third-order valence-electron chi connectivity index (χ3n) is 5.70. The standard InChI is InChI=1S/C27H21ClN4O2S/c28-26-24(20-14-21(17-30-16-20)35(29,33)34)23-13-7-12-22(19-10-5-2-6-11-19)25(23)27(32-26)31-15-18-8-3-1-4-9-18/h1-14,16-17H,15H2,(H,31,32)(H2,29,33,34). The molecule has 6 nitrogen and oxygen atoms in total. The smallest absolute Gasteiger partial charge is 0.239 e. The molecular formula is C27H21ClN4O2S. The first-order chi connectivity index (χ1) is 16.9. The molecule has 2 aromatic heterocycles. The second-order valence-corrected chi connectivity index (χ2v) is 9.93. The Morgan fingerprint density at radius 3 is 2.29 bits per heavy atom. The molecule has 0 aliphatic carbocycles. The summed E-state index contributed by atoms with van der Waals surface area (Å²) in [5.41, 5.74) is 4.19. The van der Waals surface area contributed by atoms with E-state index in [2.05, 4.69) is 10.3 Å². The molecule has 35 heavy (non-hydrogen) atoms. The van der Waals surface area contributed by atoms with Crippen LogP contribution in [0.5, 0.6) is 0 Å². The van der Waals surface area contributed by atoms with Crippen molar-refractivity contribution < 1.29 is 8.42 Å². The minimum atomic E-state index is -3.94. The van der Waals surface area contributed by atoms with Crippen LogP contribution in [0.15, 0.2) is 102 Å². The van der Waals surface area contributed by atoms with Gasteiger partial charge in [-0.3, -0.25) is 4.98 Å².